The normalized spacial score (nSPS) is 24.9. The summed E-state index contributed by atoms with van der Waals surface area (Å²) in [5.41, 5.74) is 2.18. The van der Waals surface area contributed by atoms with Crippen LogP contribution in [0.4, 0.5) is 0 Å². The third-order valence-corrected chi connectivity index (χ3v) is 6.82. The molecular formula is C25H31ClN2O3. The Balaban J connectivity index is 1.43. The van der Waals surface area contributed by atoms with Gasteiger partial charge in [0.2, 0.25) is 5.91 Å². The number of hydrogen-bond donors (Lipinski definition) is 1. The third-order valence-electron chi connectivity index (χ3n) is 6.48. The summed E-state index contributed by atoms with van der Waals surface area (Å²) in [5, 5.41) is 3.58. The molecule has 0 aromatic heterocycles. The van der Waals surface area contributed by atoms with Gasteiger partial charge >= 0.3 is 0 Å². The van der Waals surface area contributed by atoms with Crippen LogP contribution >= 0.6 is 11.6 Å². The molecule has 166 valence electrons. The van der Waals surface area contributed by atoms with E-state index in [0.29, 0.717) is 11.6 Å². The van der Waals surface area contributed by atoms with Gasteiger partial charge in [0.1, 0.15) is 12.6 Å². The van der Waals surface area contributed by atoms with Crippen molar-refractivity contribution in [2.45, 2.75) is 69.9 Å². The highest BCUT2D eigenvalue weighted by atomic mass is 35.5. The van der Waals surface area contributed by atoms with E-state index in [9.17, 15) is 9.59 Å². The Labute approximate surface area is 189 Å². The van der Waals surface area contributed by atoms with Crippen LogP contribution in [0.5, 0.6) is 0 Å². The van der Waals surface area contributed by atoms with Gasteiger partial charge in [-0.2, -0.15) is 0 Å². The van der Waals surface area contributed by atoms with Gasteiger partial charge in [-0.25, -0.2) is 0 Å². The van der Waals surface area contributed by atoms with Gasteiger partial charge in [0.15, 0.2) is 5.76 Å². The minimum atomic E-state index is -0.229. The van der Waals surface area contributed by atoms with E-state index in [1.165, 1.54) is 18.4 Å². The van der Waals surface area contributed by atoms with Crippen molar-refractivity contribution >= 4 is 29.5 Å². The molecule has 2 amide bonds. The largest absolute Gasteiger partial charge is 0.482 e. The third kappa shape index (κ3) is 5.51. The number of ether oxygens (including phenoxy) is 1. The molecule has 2 aliphatic carbocycles. The molecule has 0 bridgehead atoms. The van der Waals surface area contributed by atoms with Gasteiger partial charge in [-0.15, -0.1) is 0 Å². The second-order valence-electron chi connectivity index (χ2n) is 8.68. The molecule has 1 saturated carbocycles. The smallest absolute Gasteiger partial charge is 0.289 e. The van der Waals surface area contributed by atoms with Crippen molar-refractivity contribution in [3.63, 3.8) is 0 Å². The number of rotatable bonds is 6. The van der Waals surface area contributed by atoms with Gasteiger partial charge in [-0.3, -0.25) is 9.59 Å². The lowest BCUT2D eigenvalue weighted by atomic mass is 9.89. The fourth-order valence-electron chi connectivity index (χ4n) is 4.80. The van der Waals surface area contributed by atoms with E-state index in [2.05, 4.69) is 11.4 Å². The van der Waals surface area contributed by atoms with Crippen LogP contribution in [0, 0.1) is 0 Å². The molecule has 3 aliphatic rings. The van der Waals surface area contributed by atoms with Crippen molar-refractivity contribution < 1.29 is 14.3 Å². The summed E-state index contributed by atoms with van der Waals surface area (Å²) in [4.78, 5) is 27.7. The summed E-state index contributed by atoms with van der Waals surface area (Å²) in [6, 6.07) is 7.33. The SMILES string of the molecule is O=C(CN1C(=O)/C(=C\c2ccccc2Cl)OC2CCCCC21)NCCC1=CCCCC1. The molecule has 1 aromatic carbocycles. The van der Waals surface area contributed by atoms with Crippen molar-refractivity contribution in [2.24, 2.45) is 0 Å². The van der Waals surface area contributed by atoms with Crippen molar-refractivity contribution in [3.05, 3.63) is 52.3 Å². The summed E-state index contributed by atoms with van der Waals surface area (Å²) in [6.45, 7) is 0.696. The van der Waals surface area contributed by atoms with Crippen LogP contribution in [0.25, 0.3) is 6.08 Å². The first-order chi connectivity index (χ1) is 15.1. The van der Waals surface area contributed by atoms with Gasteiger partial charge in [-0.05, 0) is 69.1 Å². The number of halogens is 1. The van der Waals surface area contributed by atoms with Crippen molar-refractivity contribution in [1.29, 1.82) is 0 Å². The summed E-state index contributed by atoms with van der Waals surface area (Å²) >= 11 is 6.28. The van der Waals surface area contributed by atoms with E-state index < -0.39 is 0 Å². The lowest BCUT2D eigenvalue weighted by Crippen LogP contribution is -2.57. The molecule has 1 heterocycles. The number of hydrogen-bond acceptors (Lipinski definition) is 3. The number of benzene rings is 1. The zero-order valence-corrected chi connectivity index (χ0v) is 18.7. The van der Waals surface area contributed by atoms with Gasteiger partial charge < -0.3 is 15.0 Å². The number of morpholine rings is 1. The fourth-order valence-corrected chi connectivity index (χ4v) is 4.99. The second-order valence-corrected chi connectivity index (χ2v) is 9.09. The number of fused-ring (bicyclic) bond motifs is 1. The number of allylic oxidation sites excluding steroid dienone is 1. The van der Waals surface area contributed by atoms with Crippen molar-refractivity contribution in [1.82, 2.24) is 10.2 Å². The van der Waals surface area contributed by atoms with E-state index in [-0.39, 0.29) is 36.3 Å². The van der Waals surface area contributed by atoms with Crippen LogP contribution in [-0.2, 0) is 14.3 Å². The summed E-state index contributed by atoms with van der Waals surface area (Å²) in [6.07, 6.45) is 13.5. The van der Waals surface area contributed by atoms with Gasteiger partial charge in [0.05, 0.1) is 6.04 Å². The summed E-state index contributed by atoms with van der Waals surface area (Å²) in [5.74, 6) is -0.0577. The van der Waals surface area contributed by atoms with Crippen LogP contribution in [0.3, 0.4) is 0 Å². The highest BCUT2D eigenvalue weighted by Crippen LogP contribution is 2.33. The molecule has 2 unspecified atom stereocenters. The molecule has 2 atom stereocenters. The first kappa shape index (κ1) is 21.9. The number of nitrogens with one attached hydrogen (secondary N) is 1. The maximum Gasteiger partial charge on any atom is 0.289 e. The predicted octanol–water partition coefficient (Wildman–Crippen LogP) is 4.86. The number of nitrogens with zero attached hydrogens (tertiary/aromatic N) is 1. The van der Waals surface area contributed by atoms with Crippen LogP contribution in [-0.4, -0.2) is 41.9 Å². The lowest BCUT2D eigenvalue weighted by molar-refractivity contribution is -0.151. The fraction of sp³-hybridized carbons (Fsp3) is 0.520. The first-order valence-electron chi connectivity index (χ1n) is 11.5. The average molecular weight is 443 g/mol. The number of carbonyl (C=O) groups excluding carboxylic acids is 2. The predicted molar refractivity (Wildman–Crippen MR) is 122 cm³/mol. The monoisotopic (exact) mass is 442 g/mol. The van der Waals surface area contributed by atoms with E-state index in [1.807, 2.05) is 18.2 Å². The van der Waals surface area contributed by atoms with E-state index in [1.54, 1.807) is 17.0 Å². The van der Waals surface area contributed by atoms with Crippen LogP contribution in [0.1, 0.15) is 63.4 Å². The molecule has 6 heteroatoms. The Hall–Kier alpha value is -2.27. The average Bonchev–Trinajstić information content (AvgIpc) is 2.79. The summed E-state index contributed by atoms with van der Waals surface area (Å²) in [7, 11) is 0. The minimum Gasteiger partial charge on any atom is -0.482 e. The zero-order valence-electron chi connectivity index (χ0n) is 17.9. The zero-order chi connectivity index (χ0) is 21.6. The Bertz CT molecular complexity index is 879. The molecule has 31 heavy (non-hydrogen) atoms. The van der Waals surface area contributed by atoms with Gasteiger partial charge in [-0.1, -0.05) is 47.9 Å². The molecule has 2 fully saturated rings. The lowest BCUT2D eigenvalue weighted by Gasteiger charge is -2.44. The molecule has 1 saturated heterocycles. The Morgan fingerprint density at radius 1 is 1.19 bits per heavy atom. The van der Waals surface area contributed by atoms with Crippen molar-refractivity contribution in [3.8, 4) is 0 Å². The van der Waals surface area contributed by atoms with Gasteiger partial charge in [0, 0.05) is 11.6 Å². The van der Waals surface area contributed by atoms with Crippen LogP contribution in [0.15, 0.2) is 41.7 Å². The Kier molecular flexibility index (Phi) is 7.33. The number of amides is 2. The Morgan fingerprint density at radius 3 is 2.84 bits per heavy atom. The molecule has 1 aromatic rings. The van der Waals surface area contributed by atoms with E-state index in [0.717, 1.165) is 50.5 Å². The molecule has 4 rings (SSSR count). The van der Waals surface area contributed by atoms with Crippen molar-refractivity contribution in [2.75, 3.05) is 13.1 Å². The quantitative estimate of drug-likeness (QED) is 0.505. The number of carbonyl (C=O) groups is 2. The topological polar surface area (TPSA) is 58.6 Å². The minimum absolute atomic E-state index is 0.0450. The highest BCUT2D eigenvalue weighted by Gasteiger charge is 2.42. The van der Waals surface area contributed by atoms with E-state index >= 15 is 0 Å². The maximum absolute atomic E-state index is 13.3. The van der Waals surface area contributed by atoms with Crippen LogP contribution in [0.2, 0.25) is 5.02 Å². The first-order valence-corrected chi connectivity index (χ1v) is 11.9. The van der Waals surface area contributed by atoms with E-state index in [4.69, 9.17) is 16.3 Å². The molecule has 0 radical (unpaired) electrons. The maximum atomic E-state index is 13.3. The standard InChI is InChI=1S/C25H31ClN2O3/c26-20-11-5-4-10-19(20)16-23-25(30)28(21-12-6-7-13-22(21)31-23)17-24(29)27-15-14-18-8-2-1-3-9-18/h4-5,8,10-11,16,21-22H,1-3,6-7,9,12-15,17H2,(H,27,29)/b23-16+. The second kappa shape index (κ2) is 10.4. The molecular weight excluding hydrogens is 412 g/mol. The molecule has 1 N–H and O–H groups in total. The summed E-state index contributed by atoms with van der Waals surface area (Å²) < 4.78 is 6.11. The molecule has 0 spiro atoms. The highest BCUT2D eigenvalue weighted by molar-refractivity contribution is 6.32. The Morgan fingerprint density at radius 2 is 2.03 bits per heavy atom. The van der Waals surface area contributed by atoms with Crippen LogP contribution < -0.4 is 5.32 Å². The molecule has 5 nitrogen and oxygen atoms in total. The molecule has 1 aliphatic heterocycles. The van der Waals surface area contributed by atoms with Gasteiger partial charge in [0.25, 0.3) is 5.91 Å².